The van der Waals surface area contributed by atoms with Gasteiger partial charge in [-0.1, -0.05) is 6.92 Å². The van der Waals surface area contributed by atoms with Crippen LogP contribution in [0.3, 0.4) is 0 Å². The zero-order valence-electron chi connectivity index (χ0n) is 16.1. The van der Waals surface area contributed by atoms with Crippen molar-refractivity contribution in [2.75, 3.05) is 19.6 Å². The topological polar surface area (TPSA) is 54.5 Å². The zero-order valence-corrected chi connectivity index (χ0v) is 17.7. The molecule has 7 heteroatoms. The molecule has 1 aromatic heterocycles. The average molecular weight is 410 g/mol. The van der Waals surface area contributed by atoms with Crippen molar-refractivity contribution in [1.82, 2.24) is 15.2 Å². The molecule has 3 rings (SSSR count). The molecule has 27 heavy (non-hydrogen) atoms. The van der Waals surface area contributed by atoms with E-state index < -0.39 is 0 Å². The Bertz CT molecular complexity index is 727. The summed E-state index contributed by atoms with van der Waals surface area (Å²) in [6, 6.07) is 8.17. The van der Waals surface area contributed by atoms with Gasteiger partial charge in [0, 0.05) is 30.1 Å². The third-order valence-electron chi connectivity index (χ3n) is 4.40. The zero-order chi connectivity index (χ0) is 18.5. The largest absolute Gasteiger partial charge is 0.491 e. The molecule has 1 N–H and O–H groups in total. The van der Waals surface area contributed by atoms with Crippen LogP contribution in [0.5, 0.6) is 5.75 Å². The van der Waals surface area contributed by atoms with E-state index >= 15 is 0 Å². The summed E-state index contributed by atoms with van der Waals surface area (Å²) in [6.45, 7) is 8.75. The molecule has 2 heterocycles. The smallest absolute Gasteiger partial charge is 0.273 e. The molecule has 0 aliphatic carbocycles. The van der Waals surface area contributed by atoms with Crippen LogP contribution in [0.1, 0.15) is 44.1 Å². The molecule has 1 fully saturated rings. The van der Waals surface area contributed by atoms with Gasteiger partial charge in [0.2, 0.25) is 0 Å². The van der Waals surface area contributed by atoms with Crippen LogP contribution in [0, 0.1) is 0 Å². The number of hydrogen-bond acceptors (Lipinski definition) is 5. The molecule has 0 saturated carbocycles. The number of aromatic nitrogens is 1. The van der Waals surface area contributed by atoms with E-state index in [0.29, 0.717) is 5.69 Å². The third-order valence-corrected chi connectivity index (χ3v) is 5.29. The Morgan fingerprint density at radius 3 is 2.70 bits per heavy atom. The van der Waals surface area contributed by atoms with Crippen molar-refractivity contribution in [3.05, 3.63) is 35.3 Å². The number of amides is 1. The van der Waals surface area contributed by atoms with Crippen molar-refractivity contribution in [1.29, 1.82) is 0 Å². The lowest BCUT2D eigenvalue weighted by molar-refractivity contribution is 0.0687. The van der Waals surface area contributed by atoms with E-state index in [9.17, 15) is 4.79 Å². The Labute approximate surface area is 171 Å². The number of benzene rings is 1. The molecule has 0 bridgehead atoms. The number of nitrogens with one attached hydrogen (secondary N) is 1. The molecule has 148 valence electrons. The Hall–Kier alpha value is -1.63. The second kappa shape index (κ2) is 10.1. The molecule has 0 radical (unpaired) electrons. The number of thiazole rings is 1. The van der Waals surface area contributed by atoms with E-state index in [4.69, 9.17) is 4.74 Å². The highest BCUT2D eigenvalue weighted by Crippen LogP contribution is 2.27. The number of carbonyl (C=O) groups is 1. The minimum Gasteiger partial charge on any atom is -0.491 e. The van der Waals surface area contributed by atoms with Crippen LogP contribution >= 0.6 is 23.7 Å². The van der Waals surface area contributed by atoms with Crippen molar-refractivity contribution in [3.8, 4) is 16.3 Å². The average Bonchev–Trinajstić information content (AvgIpc) is 3.31. The maximum atomic E-state index is 13.0. The summed E-state index contributed by atoms with van der Waals surface area (Å²) in [5.74, 6) is 0.891. The first-order chi connectivity index (χ1) is 12.6. The van der Waals surface area contributed by atoms with Gasteiger partial charge >= 0.3 is 0 Å². The maximum Gasteiger partial charge on any atom is 0.273 e. The predicted molar refractivity (Wildman–Crippen MR) is 113 cm³/mol. The molecular weight excluding hydrogens is 382 g/mol. The molecule has 0 spiro atoms. The van der Waals surface area contributed by atoms with Gasteiger partial charge in [0.1, 0.15) is 16.5 Å². The van der Waals surface area contributed by atoms with Crippen molar-refractivity contribution >= 4 is 29.7 Å². The summed E-state index contributed by atoms with van der Waals surface area (Å²) in [4.78, 5) is 19.6. The van der Waals surface area contributed by atoms with Crippen molar-refractivity contribution in [2.24, 2.45) is 0 Å². The van der Waals surface area contributed by atoms with Gasteiger partial charge in [0.05, 0.1) is 6.10 Å². The molecule has 1 aromatic carbocycles. The SMILES string of the molecule is CCCN(C(=O)c1csc(-c2ccc(OC(C)C)cc2)n1)C1CCNC1.Cl. The predicted octanol–water partition coefficient (Wildman–Crippen LogP) is 4.23. The molecule has 1 atom stereocenters. The van der Waals surface area contributed by atoms with Gasteiger partial charge in [-0.15, -0.1) is 23.7 Å². The monoisotopic (exact) mass is 409 g/mol. The van der Waals surface area contributed by atoms with Gasteiger partial charge in [0.25, 0.3) is 5.91 Å². The molecule has 2 aromatic rings. The van der Waals surface area contributed by atoms with Crippen LogP contribution < -0.4 is 10.1 Å². The van der Waals surface area contributed by atoms with Crippen LogP contribution in [-0.4, -0.2) is 47.6 Å². The highest BCUT2D eigenvalue weighted by molar-refractivity contribution is 7.13. The second-order valence-electron chi connectivity index (χ2n) is 6.87. The number of rotatable bonds is 7. The van der Waals surface area contributed by atoms with E-state index in [0.717, 1.165) is 48.8 Å². The lowest BCUT2D eigenvalue weighted by Gasteiger charge is -2.27. The molecule has 1 amide bonds. The highest BCUT2D eigenvalue weighted by atomic mass is 35.5. The lowest BCUT2D eigenvalue weighted by atomic mass is 10.2. The number of nitrogens with zero attached hydrogens (tertiary/aromatic N) is 2. The van der Waals surface area contributed by atoms with E-state index in [2.05, 4.69) is 17.2 Å². The highest BCUT2D eigenvalue weighted by Gasteiger charge is 2.28. The number of halogens is 1. The van der Waals surface area contributed by atoms with Crippen molar-refractivity contribution in [3.63, 3.8) is 0 Å². The number of carbonyl (C=O) groups excluding carboxylic acids is 1. The molecular formula is C20H28ClN3O2S. The normalized spacial score (nSPS) is 16.2. The summed E-state index contributed by atoms with van der Waals surface area (Å²) in [7, 11) is 0. The van der Waals surface area contributed by atoms with Crippen LogP contribution in [0.4, 0.5) is 0 Å². The fourth-order valence-electron chi connectivity index (χ4n) is 3.20. The van der Waals surface area contributed by atoms with Gasteiger partial charge in [-0.05, 0) is 57.5 Å². The molecule has 1 aliphatic heterocycles. The van der Waals surface area contributed by atoms with Gasteiger partial charge in [0.15, 0.2) is 0 Å². The molecule has 5 nitrogen and oxygen atoms in total. The first-order valence-electron chi connectivity index (χ1n) is 9.32. The van der Waals surface area contributed by atoms with Gasteiger partial charge < -0.3 is 15.0 Å². The summed E-state index contributed by atoms with van der Waals surface area (Å²) >= 11 is 1.51. The van der Waals surface area contributed by atoms with Gasteiger partial charge in [-0.25, -0.2) is 4.98 Å². The Kier molecular flexibility index (Phi) is 8.07. The standard InChI is InChI=1S/C20H27N3O2S.ClH/c1-4-11-23(16-9-10-21-12-16)20(24)18-13-26-19(22-18)15-5-7-17(8-6-15)25-14(2)3;/h5-8,13-14,16,21H,4,9-12H2,1-3H3;1H. The second-order valence-corrected chi connectivity index (χ2v) is 7.73. The molecule has 1 saturated heterocycles. The Morgan fingerprint density at radius 2 is 2.11 bits per heavy atom. The molecule has 1 aliphatic rings. The van der Waals surface area contributed by atoms with Crippen molar-refractivity contribution in [2.45, 2.75) is 45.8 Å². The number of hydrogen-bond donors (Lipinski definition) is 1. The van der Waals surface area contributed by atoms with Crippen LogP contribution in [0.2, 0.25) is 0 Å². The minimum absolute atomic E-state index is 0. The Morgan fingerprint density at radius 1 is 1.37 bits per heavy atom. The van der Waals surface area contributed by atoms with Crippen LogP contribution in [-0.2, 0) is 0 Å². The maximum absolute atomic E-state index is 13.0. The first kappa shape index (κ1) is 21.7. The minimum atomic E-state index is 0. The van der Waals surface area contributed by atoms with Gasteiger partial charge in [-0.3, -0.25) is 4.79 Å². The summed E-state index contributed by atoms with van der Waals surface area (Å²) in [6.07, 6.45) is 2.12. The number of ether oxygens (including phenoxy) is 1. The Balaban J connectivity index is 0.00000261. The van der Waals surface area contributed by atoms with Crippen LogP contribution in [0.15, 0.2) is 29.6 Å². The third kappa shape index (κ3) is 5.43. The fourth-order valence-corrected chi connectivity index (χ4v) is 4.00. The fraction of sp³-hybridized carbons (Fsp3) is 0.500. The molecule has 1 unspecified atom stereocenters. The summed E-state index contributed by atoms with van der Waals surface area (Å²) in [5, 5.41) is 6.09. The van der Waals surface area contributed by atoms with E-state index in [1.165, 1.54) is 11.3 Å². The van der Waals surface area contributed by atoms with Crippen LogP contribution in [0.25, 0.3) is 10.6 Å². The van der Waals surface area contributed by atoms with E-state index in [-0.39, 0.29) is 30.5 Å². The van der Waals surface area contributed by atoms with E-state index in [1.54, 1.807) is 0 Å². The van der Waals surface area contributed by atoms with Crippen molar-refractivity contribution < 1.29 is 9.53 Å². The summed E-state index contributed by atoms with van der Waals surface area (Å²) < 4.78 is 5.68. The summed E-state index contributed by atoms with van der Waals surface area (Å²) in [5.41, 5.74) is 1.56. The van der Waals surface area contributed by atoms with Gasteiger partial charge in [-0.2, -0.15) is 0 Å². The lowest BCUT2D eigenvalue weighted by Crippen LogP contribution is -2.42. The quantitative estimate of drug-likeness (QED) is 0.743. The van der Waals surface area contributed by atoms with E-state index in [1.807, 2.05) is 48.4 Å². The first-order valence-corrected chi connectivity index (χ1v) is 10.2.